The van der Waals surface area contributed by atoms with Crippen LogP contribution in [0, 0.1) is 5.92 Å². The van der Waals surface area contributed by atoms with Gasteiger partial charge in [-0.1, -0.05) is 33.6 Å². The van der Waals surface area contributed by atoms with Crippen LogP contribution in [-0.4, -0.2) is 23.9 Å². The molecule has 14 heavy (non-hydrogen) atoms. The predicted molar refractivity (Wildman–Crippen MR) is 61.2 cm³/mol. The Morgan fingerprint density at radius 1 is 1.21 bits per heavy atom. The molecule has 0 aliphatic rings. The standard InChI is InChI=1S/C12H25NO/c1-5-8-10-13(7-3)12(14)11(4)9-6-2/h11H,5-10H2,1-4H3. The summed E-state index contributed by atoms with van der Waals surface area (Å²) in [5.74, 6) is 0.541. The summed E-state index contributed by atoms with van der Waals surface area (Å²) in [6.45, 7) is 10.2. The molecule has 0 N–H and O–H groups in total. The molecule has 2 heteroatoms. The molecular formula is C12H25NO. The number of carbonyl (C=O) groups excluding carboxylic acids is 1. The molecule has 0 aromatic heterocycles. The summed E-state index contributed by atoms with van der Waals surface area (Å²) >= 11 is 0. The van der Waals surface area contributed by atoms with Crippen molar-refractivity contribution in [3.63, 3.8) is 0 Å². The maximum atomic E-state index is 11.9. The Hall–Kier alpha value is -0.530. The third-order valence-corrected chi connectivity index (χ3v) is 2.62. The molecule has 0 saturated carbocycles. The fourth-order valence-corrected chi connectivity index (χ4v) is 1.64. The van der Waals surface area contributed by atoms with Crippen LogP contribution in [0.25, 0.3) is 0 Å². The lowest BCUT2D eigenvalue weighted by molar-refractivity contribution is -0.135. The number of hydrogen-bond donors (Lipinski definition) is 0. The number of unbranched alkanes of at least 4 members (excludes halogenated alkanes) is 1. The lowest BCUT2D eigenvalue weighted by Crippen LogP contribution is -2.35. The molecule has 1 atom stereocenters. The minimum absolute atomic E-state index is 0.205. The summed E-state index contributed by atoms with van der Waals surface area (Å²) in [5.41, 5.74) is 0. The molecule has 0 aliphatic carbocycles. The van der Waals surface area contributed by atoms with Crippen molar-refractivity contribution in [3.05, 3.63) is 0 Å². The Kier molecular flexibility index (Phi) is 7.54. The molecule has 0 radical (unpaired) electrons. The highest BCUT2D eigenvalue weighted by Crippen LogP contribution is 2.10. The van der Waals surface area contributed by atoms with Crippen molar-refractivity contribution >= 4 is 5.91 Å². The van der Waals surface area contributed by atoms with Crippen molar-refractivity contribution < 1.29 is 4.79 Å². The molecule has 0 aromatic carbocycles. The lowest BCUT2D eigenvalue weighted by atomic mass is 10.0. The first kappa shape index (κ1) is 13.5. The van der Waals surface area contributed by atoms with Crippen LogP contribution in [0.2, 0.25) is 0 Å². The molecule has 0 fully saturated rings. The second kappa shape index (κ2) is 7.84. The molecule has 1 amide bonds. The van der Waals surface area contributed by atoms with E-state index in [1.165, 1.54) is 0 Å². The van der Waals surface area contributed by atoms with Crippen LogP contribution in [0.15, 0.2) is 0 Å². The predicted octanol–water partition coefficient (Wildman–Crippen LogP) is 3.07. The van der Waals surface area contributed by atoms with E-state index in [9.17, 15) is 4.79 Å². The van der Waals surface area contributed by atoms with E-state index >= 15 is 0 Å². The molecule has 0 aromatic rings. The molecule has 2 nitrogen and oxygen atoms in total. The summed E-state index contributed by atoms with van der Waals surface area (Å²) in [4.78, 5) is 13.9. The molecule has 0 rings (SSSR count). The van der Waals surface area contributed by atoms with Crippen LogP contribution in [0.1, 0.15) is 53.4 Å². The van der Waals surface area contributed by atoms with E-state index in [1.807, 2.05) is 11.8 Å². The molecule has 84 valence electrons. The van der Waals surface area contributed by atoms with E-state index in [0.29, 0.717) is 5.91 Å². The van der Waals surface area contributed by atoms with Crippen LogP contribution in [0.3, 0.4) is 0 Å². The fourth-order valence-electron chi connectivity index (χ4n) is 1.64. The highest BCUT2D eigenvalue weighted by molar-refractivity contribution is 5.78. The summed E-state index contributed by atoms with van der Waals surface area (Å²) in [5, 5.41) is 0. The van der Waals surface area contributed by atoms with Gasteiger partial charge in [0.15, 0.2) is 0 Å². The highest BCUT2D eigenvalue weighted by atomic mass is 16.2. The second-order valence-corrected chi connectivity index (χ2v) is 3.96. The van der Waals surface area contributed by atoms with Gasteiger partial charge in [0.25, 0.3) is 0 Å². The van der Waals surface area contributed by atoms with Crippen LogP contribution in [0.4, 0.5) is 0 Å². The first-order valence-corrected chi connectivity index (χ1v) is 5.96. The Morgan fingerprint density at radius 2 is 1.86 bits per heavy atom. The van der Waals surface area contributed by atoms with Gasteiger partial charge in [-0.15, -0.1) is 0 Å². The van der Waals surface area contributed by atoms with Gasteiger partial charge in [-0.25, -0.2) is 0 Å². The largest absolute Gasteiger partial charge is 0.343 e. The number of nitrogens with zero attached hydrogens (tertiary/aromatic N) is 1. The highest BCUT2D eigenvalue weighted by Gasteiger charge is 2.17. The number of carbonyl (C=O) groups is 1. The van der Waals surface area contributed by atoms with Crippen molar-refractivity contribution in [2.75, 3.05) is 13.1 Å². The second-order valence-electron chi connectivity index (χ2n) is 3.96. The van der Waals surface area contributed by atoms with Crippen LogP contribution in [0.5, 0.6) is 0 Å². The van der Waals surface area contributed by atoms with Crippen LogP contribution >= 0.6 is 0 Å². The zero-order chi connectivity index (χ0) is 11.0. The van der Waals surface area contributed by atoms with Gasteiger partial charge in [-0.05, 0) is 19.8 Å². The Morgan fingerprint density at radius 3 is 2.29 bits per heavy atom. The SMILES string of the molecule is CCCCN(CC)C(=O)C(C)CCC. The summed E-state index contributed by atoms with van der Waals surface area (Å²) in [7, 11) is 0. The van der Waals surface area contributed by atoms with Gasteiger partial charge in [0.1, 0.15) is 0 Å². The minimum Gasteiger partial charge on any atom is -0.343 e. The number of rotatable bonds is 7. The van der Waals surface area contributed by atoms with Gasteiger partial charge in [-0.2, -0.15) is 0 Å². The molecular weight excluding hydrogens is 174 g/mol. The van der Waals surface area contributed by atoms with E-state index in [-0.39, 0.29) is 5.92 Å². The topological polar surface area (TPSA) is 20.3 Å². The van der Waals surface area contributed by atoms with Gasteiger partial charge in [-0.3, -0.25) is 4.79 Å². The molecule has 0 bridgehead atoms. The van der Waals surface area contributed by atoms with E-state index in [2.05, 4.69) is 20.8 Å². The average Bonchev–Trinajstić information content (AvgIpc) is 2.19. The lowest BCUT2D eigenvalue weighted by Gasteiger charge is -2.24. The number of hydrogen-bond acceptors (Lipinski definition) is 1. The molecule has 0 saturated heterocycles. The quantitative estimate of drug-likeness (QED) is 0.617. The summed E-state index contributed by atoms with van der Waals surface area (Å²) in [6, 6.07) is 0. The van der Waals surface area contributed by atoms with Gasteiger partial charge in [0.05, 0.1) is 0 Å². The van der Waals surface area contributed by atoms with Crippen molar-refractivity contribution in [2.45, 2.75) is 53.4 Å². The van der Waals surface area contributed by atoms with Crippen molar-refractivity contribution in [1.82, 2.24) is 4.90 Å². The van der Waals surface area contributed by atoms with Gasteiger partial charge in [0.2, 0.25) is 5.91 Å². The van der Waals surface area contributed by atoms with Gasteiger partial charge < -0.3 is 4.90 Å². The Balaban J connectivity index is 4.01. The molecule has 0 heterocycles. The van der Waals surface area contributed by atoms with E-state index in [4.69, 9.17) is 0 Å². The van der Waals surface area contributed by atoms with E-state index in [1.54, 1.807) is 0 Å². The van der Waals surface area contributed by atoms with Crippen molar-refractivity contribution in [2.24, 2.45) is 5.92 Å². The smallest absolute Gasteiger partial charge is 0.225 e. The first-order valence-electron chi connectivity index (χ1n) is 5.96. The average molecular weight is 199 g/mol. The van der Waals surface area contributed by atoms with Crippen LogP contribution in [-0.2, 0) is 4.79 Å². The zero-order valence-corrected chi connectivity index (χ0v) is 10.2. The van der Waals surface area contributed by atoms with Gasteiger partial charge in [0, 0.05) is 19.0 Å². The molecule has 0 aliphatic heterocycles. The third kappa shape index (κ3) is 4.64. The summed E-state index contributed by atoms with van der Waals surface area (Å²) < 4.78 is 0. The van der Waals surface area contributed by atoms with E-state index < -0.39 is 0 Å². The third-order valence-electron chi connectivity index (χ3n) is 2.62. The number of amides is 1. The molecule has 1 unspecified atom stereocenters. The maximum Gasteiger partial charge on any atom is 0.225 e. The van der Waals surface area contributed by atoms with Crippen molar-refractivity contribution in [3.8, 4) is 0 Å². The van der Waals surface area contributed by atoms with Gasteiger partial charge >= 0.3 is 0 Å². The van der Waals surface area contributed by atoms with E-state index in [0.717, 1.165) is 38.8 Å². The molecule has 0 spiro atoms. The normalized spacial score (nSPS) is 12.6. The monoisotopic (exact) mass is 199 g/mol. The minimum atomic E-state index is 0.205. The van der Waals surface area contributed by atoms with Crippen LogP contribution < -0.4 is 0 Å². The summed E-state index contributed by atoms with van der Waals surface area (Å²) in [6.07, 6.45) is 4.39. The Bertz CT molecular complexity index is 156. The maximum absolute atomic E-state index is 11.9. The zero-order valence-electron chi connectivity index (χ0n) is 10.2. The van der Waals surface area contributed by atoms with Crippen molar-refractivity contribution in [1.29, 1.82) is 0 Å². The fraction of sp³-hybridized carbons (Fsp3) is 0.917. The Labute approximate surface area is 88.7 Å². The first-order chi connectivity index (χ1) is 6.67.